The highest BCUT2D eigenvalue weighted by atomic mass is 32.2. The summed E-state index contributed by atoms with van der Waals surface area (Å²) in [6.07, 6.45) is 0.564. The third-order valence-corrected chi connectivity index (χ3v) is 4.76. The van der Waals surface area contributed by atoms with Crippen LogP contribution in [0, 0.1) is 20.8 Å². The number of hydrogen-bond acceptors (Lipinski definition) is 2. The van der Waals surface area contributed by atoms with E-state index in [1.54, 1.807) is 0 Å². The monoisotopic (exact) mass is 298 g/mol. The SMILES string of the molecule is CCC(=O)c1ccc(SCc2c(C)cc(C)cc2C)cc1. The standard InChI is InChI=1S/C19H22OS/c1-5-19(20)16-6-8-17(9-7-16)21-12-18-14(3)10-13(2)11-15(18)4/h6-11H,5,12H2,1-4H3. The molecule has 0 fully saturated rings. The molecule has 110 valence electrons. The fraction of sp³-hybridized carbons (Fsp3) is 0.316. The Hall–Kier alpha value is -1.54. The molecule has 0 atom stereocenters. The second kappa shape index (κ2) is 6.95. The van der Waals surface area contributed by atoms with Crippen LogP contribution in [0.2, 0.25) is 0 Å². The lowest BCUT2D eigenvalue weighted by Crippen LogP contribution is -1.96. The summed E-state index contributed by atoms with van der Waals surface area (Å²) in [5, 5.41) is 0. The quantitative estimate of drug-likeness (QED) is 0.536. The molecule has 0 aliphatic carbocycles. The van der Waals surface area contributed by atoms with E-state index in [1.807, 2.05) is 43.0 Å². The molecule has 0 bridgehead atoms. The molecule has 0 aliphatic heterocycles. The maximum atomic E-state index is 11.6. The van der Waals surface area contributed by atoms with E-state index < -0.39 is 0 Å². The fourth-order valence-electron chi connectivity index (χ4n) is 2.53. The molecular formula is C19H22OS. The van der Waals surface area contributed by atoms with E-state index in [2.05, 4.69) is 32.9 Å². The molecule has 0 aromatic heterocycles. The topological polar surface area (TPSA) is 17.1 Å². The zero-order valence-electron chi connectivity index (χ0n) is 13.2. The van der Waals surface area contributed by atoms with Crippen LogP contribution in [-0.2, 0) is 5.75 Å². The molecule has 0 saturated carbocycles. The van der Waals surface area contributed by atoms with Gasteiger partial charge in [-0.25, -0.2) is 0 Å². The Kier molecular flexibility index (Phi) is 5.24. The Morgan fingerprint density at radius 2 is 1.57 bits per heavy atom. The van der Waals surface area contributed by atoms with Gasteiger partial charge in [-0.05, 0) is 49.6 Å². The van der Waals surface area contributed by atoms with Crippen LogP contribution in [0.15, 0.2) is 41.3 Å². The summed E-state index contributed by atoms with van der Waals surface area (Å²) in [6, 6.07) is 12.4. The third kappa shape index (κ3) is 3.98. The summed E-state index contributed by atoms with van der Waals surface area (Å²) in [4.78, 5) is 12.8. The lowest BCUT2D eigenvalue weighted by Gasteiger charge is -2.11. The van der Waals surface area contributed by atoms with E-state index in [1.165, 1.54) is 27.1 Å². The summed E-state index contributed by atoms with van der Waals surface area (Å²) in [7, 11) is 0. The van der Waals surface area contributed by atoms with Gasteiger partial charge in [-0.1, -0.05) is 36.8 Å². The molecule has 0 heterocycles. The van der Waals surface area contributed by atoms with Gasteiger partial charge in [0.15, 0.2) is 5.78 Å². The molecule has 0 saturated heterocycles. The summed E-state index contributed by atoms with van der Waals surface area (Å²) in [5.41, 5.74) is 6.26. The van der Waals surface area contributed by atoms with E-state index >= 15 is 0 Å². The number of rotatable bonds is 5. The van der Waals surface area contributed by atoms with Gasteiger partial charge in [-0.15, -0.1) is 11.8 Å². The van der Waals surface area contributed by atoms with Crippen molar-refractivity contribution in [3.05, 3.63) is 64.2 Å². The van der Waals surface area contributed by atoms with Crippen LogP contribution in [0.1, 0.15) is 46.0 Å². The van der Waals surface area contributed by atoms with Gasteiger partial charge in [0.2, 0.25) is 0 Å². The van der Waals surface area contributed by atoms with Crippen molar-refractivity contribution in [1.82, 2.24) is 0 Å². The zero-order chi connectivity index (χ0) is 15.4. The number of benzene rings is 2. The summed E-state index contributed by atoms with van der Waals surface area (Å²) >= 11 is 1.82. The van der Waals surface area contributed by atoms with Crippen LogP contribution >= 0.6 is 11.8 Å². The maximum Gasteiger partial charge on any atom is 0.162 e. The summed E-state index contributed by atoms with van der Waals surface area (Å²) in [5.74, 6) is 1.18. The first-order valence-corrected chi connectivity index (χ1v) is 8.32. The first kappa shape index (κ1) is 15.8. The molecule has 0 spiro atoms. The number of hydrogen-bond donors (Lipinski definition) is 0. The van der Waals surface area contributed by atoms with Gasteiger partial charge in [-0.3, -0.25) is 4.79 Å². The van der Waals surface area contributed by atoms with Gasteiger partial charge in [-0.2, -0.15) is 0 Å². The van der Waals surface area contributed by atoms with Gasteiger partial charge >= 0.3 is 0 Å². The Labute approximate surface area is 131 Å². The van der Waals surface area contributed by atoms with E-state index in [4.69, 9.17) is 0 Å². The fourth-order valence-corrected chi connectivity index (χ4v) is 3.63. The second-order valence-electron chi connectivity index (χ2n) is 5.47. The molecule has 21 heavy (non-hydrogen) atoms. The lowest BCUT2D eigenvalue weighted by molar-refractivity contribution is 0.0988. The number of carbonyl (C=O) groups is 1. The minimum atomic E-state index is 0.205. The molecule has 2 aromatic rings. The molecule has 0 amide bonds. The minimum Gasteiger partial charge on any atom is -0.294 e. The van der Waals surface area contributed by atoms with Crippen LogP contribution in [0.25, 0.3) is 0 Å². The van der Waals surface area contributed by atoms with Crippen molar-refractivity contribution in [2.75, 3.05) is 0 Å². The zero-order valence-corrected chi connectivity index (χ0v) is 14.0. The number of Topliss-reactive ketones (excluding diaryl/α,β-unsaturated/α-hetero) is 1. The highest BCUT2D eigenvalue weighted by Crippen LogP contribution is 2.27. The van der Waals surface area contributed by atoms with Crippen LogP contribution in [0.3, 0.4) is 0 Å². The summed E-state index contributed by atoms with van der Waals surface area (Å²) in [6.45, 7) is 8.39. The van der Waals surface area contributed by atoms with Gasteiger partial charge in [0, 0.05) is 22.6 Å². The van der Waals surface area contributed by atoms with Gasteiger partial charge < -0.3 is 0 Å². The van der Waals surface area contributed by atoms with Crippen molar-refractivity contribution in [3.63, 3.8) is 0 Å². The molecule has 2 aromatic carbocycles. The number of thioether (sulfide) groups is 1. The molecule has 1 nitrogen and oxygen atoms in total. The molecule has 0 unspecified atom stereocenters. The predicted octanol–water partition coefficient (Wildman–Crippen LogP) is 5.50. The van der Waals surface area contributed by atoms with Gasteiger partial charge in [0.05, 0.1) is 0 Å². The highest BCUT2D eigenvalue weighted by Gasteiger charge is 2.06. The molecule has 0 N–H and O–H groups in total. The van der Waals surface area contributed by atoms with Crippen molar-refractivity contribution >= 4 is 17.5 Å². The third-order valence-electron chi connectivity index (χ3n) is 3.72. The Morgan fingerprint density at radius 3 is 2.10 bits per heavy atom. The average Bonchev–Trinajstić information content (AvgIpc) is 2.46. The first-order valence-electron chi connectivity index (χ1n) is 7.34. The van der Waals surface area contributed by atoms with Crippen LogP contribution in [0.5, 0.6) is 0 Å². The van der Waals surface area contributed by atoms with Crippen molar-refractivity contribution < 1.29 is 4.79 Å². The van der Waals surface area contributed by atoms with Crippen molar-refractivity contribution in [2.24, 2.45) is 0 Å². The van der Waals surface area contributed by atoms with Crippen LogP contribution < -0.4 is 0 Å². The largest absolute Gasteiger partial charge is 0.294 e. The van der Waals surface area contributed by atoms with Gasteiger partial charge in [0.25, 0.3) is 0 Å². The maximum absolute atomic E-state index is 11.6. The Balaban J connectivity index is 2.08. The molecule has 0 aliphatic rings. The molecular weight excluding hydrogens is 276 g/mol. The Morgan fingerprint density at radius 1 is 1.00 bits per heavy atom. The number of aryl methyl sites for hydroxylation is 3. The van der Waals surface area contributed by atoms with Crippen molar-refractivity contribution in [1.29, 1.82) is 0 Å². The normalized spacial score (nSPS) is 10.7. The minimum absolute atomic E-state index is 0.205. The highest BCUT2D eigenvalue weighted by molar-refractivity contribution is 7.98. The predicted molar refractivity (Wildman–Crippen MR) is 91.3 cm³/mol. The van der Waals surface area contributed by atoms with Gasteiger partial charge in [0.1, 0.15) is 0 Å². The van der Waals surface area contributed by atoms with Crippen LogP contribution in [-0.4, -0.2) is 5.78 Å². The number of carbonyl (C=O) groups excluding carboxylic acids is 1. The lowest BCUT2D eigenvalue weighted by atomic mass is 10.0. The van der Waals surface area contributed by atoms with E-state index in [0.29, 0.717) is 6.42 Å². The molecule has 2 rings (SSSR count). The van der Waals surface area contributed by atoms with Crippen molar-refractivity contribution in [2.45, 2.75) is 44.8 Å². The molecule has 2 heteroatoms. The van der Waals surface area contributed by atoms with Crippen LogP contribution in [0.4, 0.5) is 0 Å². The molecule has 0 radical (unpaired) electrons. The van der Waals surface area contributed by atoms with Crippen molar-refractivity contribution in [3.8, 4) is 0 Å². The van der Waals surface area contributed by atoms with E-state index in [0.717, 1.165) is 11.3 Å². The number of ketones is 1. The second-order valence-corrected chi connectivity index (χ2v) is 6.52. The Bertz CT molecular complexity index is 618. The summed E-state index contributed by atoms with van der Waals surface area (Å²) < 4.78 is 0. The van der Waals surface area contributed by atoms with E-state index in [9.17, 15) is 4.79 Å². The first-order chi connectivity index (χ1) is 10.0. The van der Waals surface area contributed by atoms with E-state index in [-0.39, 0.29) is 5.78 Å². The average molecular weight is 298 g/mol. The smallest absolute Gasteiger partial charge is 0.162 e.